The molecule has 0 saturated heterocycles. The summed E-state index contributed by atoms with van der Waals surface area (Å²) in [4.78, 5) is 34.4. The zero-order chi connectivity index (χ0) is 24.1. The van der Waals surface area contributed by atoms with Crippen molar-refractivity contribution in [3.63, 3.8) is 0 Å². The highest BCUT2D eigenvalue weighted by Crippen LogP contribution is 2.20. The van der Waals surface area contributed by atoms with Crippen molar-refractivity contribution in [3.8, 4) is 11.3 Å². The van der Waals surface area contributed by atoms with E-state index in [2.05, 4.69) is 10.4 Å². The van der Waals surface area contributed by atoms with Crippen LogP contribution in [0.5, 0.6) is 0 Å². The van der Waals surface area contributed by atoms with Crippen LogP contribution >= 0.6 is 11.8 Å². The predicted molar refractivity (Wildman–Crippen MR) is 128 cm³/mol. The van der Waals surface area contributed by atoms with Crippen LogP contribution in [0.3, 0.4) is 0 Å². The van der Waals surface area contributed by atoms with Gasteiger partial charge in [-0.25, -0.2) is 4.39 Å². The van der Waals surface area contributed by atoms with Gasteiger partial charge in [-0.2, -0.15) is 5.10 Å². The molecular weight excluding hydrogens is 445 g/mol. The Morgan fingerprint density at radius 1 is 1.03 bits per heavy atom. The predicted octanol–water partition coefficient (Wildman–Crippen LogP) is 4.90. The molecule has 0 aliphatic heterocycles. The van der Waals surface area contributed by atoms with E-state index in [9.17, 15) is 18.8 Å². The minimum Gasteiger partial charge on any atom is -0.481 e. The molecule has 1 heterocycles. The number of thioether (sulfide) groups is 1. The van der Waals surface area contributed by atoms with Gasteiger partial charge in [0.05, 0.1) is 5.69 Å². The number of nitrogens with one attached hydrogen (secondary N) is 1. The zero-order valence-corrected chi connectivity index (χ0v) is 19.8. The molecule has 1 aromatic heterocycles. The maximum absolute atomic E-state index is 13.3. The highest BCUT2D eigenvalue weighted by molar-refractivity contribution is 8.13. The first-order chi connectivity index (χ1) is 15.9. The number of hydrogen-bond acceptors (Lipinski definition) is 5. The molecule has 0 saturated carbocycles. The van der Waals surface area contributed by atoms with E-state index in [1.807, 2.05) is 0 Å². The summed E-state index contributed by atoms with van der Waals surface area (Å²) in [5.74, 6) is -0.534. The van der Waals surface area contributed by atoms with Gasteiger partial charge in [-0.15, -0.1) is 0 Å². The quantitative estimate of drug-likeness (QED) is 0.354. The van der Waals surface area contributed by atoms with Crippen LogP contribution in [0.15, 0.2) is 30.3 Å². The fourth-order valence-corrected chi connectivity index (χ4v) is 3.97. The first-order valence-electron chi connectivity index (χ1n) is 11.3. The molecule has 9 heteroatoms. The molecule has 0 atom stereocenters. The molecule has 180 valence electrons. The summed E-state index contributed by atoms with van der Waals surface area (Å²) in [5, 5.41) is 16.4. The molecule has 2 rings (SSSR count). The molecular formula is C24H32FN3O4S. The number of benzene rings is 1. The number of aliphatic carboxylic acids is 1. The Morgan fingerprint density at radius 2 is 1.73 bits per heavy atom. The lowest BCUT2D eigenvalue weighted by Gasteiger charge is -2.08. The van der Waals surface area contributed by atoms with E-state index in [-0.39, 0.29) is 23.3 Å². The summed E-state index contributed by atoms with van der Waals surface area (Å²) in [7, 11) is 0. The second kappa shape index (κ2) is 14.5. The summed E-state index contributed by atoms with van der Waals surface area (Å²) < 4.78 is 14.9. The average molecular weight is 478 g/mol. The van der Waals surface area contributed by atoms with Gasteiger partial charge in [0, 0.05) is 37.8 Å². The van der Waals surface area contributed by atoms with Crippen molar-refractivity contribution in [2.75, 3.05) is 12.3 Å². The Balaban J connectivity index is 1.91. The lowest BCUT2D eigenvalue weighted by atomic mass is 10.1. The first kappa shape index (κ1) is 26.6. The summed E-state index contributed by atoms with van der Waals surface area (Å²) in [5.41, 5.74) is 1.75. The molecule has 0 spiro atoms. The minimum atomic E-state index is -0.814. The third-order valence-corrected chi connectivity index (χ3v) is 5.97. The number of carbonyl (C=O) groups excluding carboxylic acids is 2. The molecule has 0 fully saturated rings. The molecule has 1 amide bonds. The first-order valence-corrected chi connectivity index (χ1v) is 12.3. The molecule has 0 radical (unpaired) electrons. The fraction of sp³-hybridized carbons (Fsp3) is 0.500. The lowest BCUT2D eigenvalue weighted by molar-refractivity contribution is -0.137. The van der Waals surface area contributed by atoms with Gasteiger partial charge in [-0.3, -0.25) is 19.1 Å². The largest absolute Gasteiger partial charge is 0.481 e. The van der Waals surface area contributed by atoms with Gasteiger partial charge >= 0.3 is 5.97 Å². The zero-order valence-electron chi connectivity index (χ0n) is 19.0. The Kier molecular flexibility index (Phi) is 11.6. The van der Waals surface area contributed by atoms with E-state index < -0.39 is 5.97 Å². The van der Waals surface area contributed by atoms with Crippen molar-refractivity contribution >= 4 is 28.8 Å². The van der Waals surface area contributed by atoms with E-state index in [0.29, 0.717) is 37.3 Å². The van der Waals surface area contributed by atoms with Crippen LogP contribution in [0.4, 0.5) is 4.39 Å². The Bertz CT molecular complexity index is 915. The van der Waals surface area contributed by atoms with Crippen LogP contribution in [0.25, 0.3) is 11.3 Å². The van der Waals surface area contributed by atoms with E-state index in [4.69, 9.17) is 5.11 Å². The average Bonchev–Trinajstić information content (AvgIpc) is 3.19. The number of amides is 1. The molecule has 1 aromatic carbocycles. The third-order valence-electron chi connectivity index (χ3n) is 5.08. The highest BCUT2D eigenvalue weighted by Gasteiger charge is 2.16. The number of rotatable bonds is 15. The Labute approximate surface area is 198 Å². The smallest absolute Gasteiger partial charge is 0.303 e. The monoisotopic (exact) mass is 477 g/mol. The van der Waals surface area contributed by atoms with Gasteiger partial charge < -0.3 is 10.4 Å². The Morgan fingerprint density at radius 3 is 2.42 bits per heavy atom. The van der Waals surface area contributed by atoms with Gasteiger partial charge in [0.15, 0.2) is 5.12 Å². The number of hydrogen-bond donors (Lipinski definition) is 2. The molecule has 0 aliphatic carbocycles. The molecule has 2 aromatic rings. The van der Waals surface area contributed by atoms with Crippen molar-refractivity contribution in [2.45, 2.75) is 64.8 Å². The summed E-state index contributed by atoms with van der Waals surface area (Å²) in [6.45, 7) is 2.62. The Hall–Kier alpha value is -2.68. The molecule has 0 aliphatic rings. The number of carboxylic acids is 1. The summed E-state index contributed by atoms with van der Waals surface area (Å²) >= 11 is 1.34. The van der Waals surface area contributed by atoms with Crippen molar-refractivity contribution in [3.05, 3.63) is 41.8 Å². The summed E-state index contributed by atoms with van der Waals surface area (Å²) in [6, 6.07) is 7.67. The molecule has 2 N–H and O–H groups in total. The molecule has 7 nitrogen and oxygen atoms in total. The second-order valence-corrected chi connectivity index (χ2v) is 9.13. The van der Waals surface area contributed by atoms with E-state index in [1.54, 1.807) is 29.8 Å². The van der Waals surface area contributed by atoms with Crippen molar-refractivity contribution < 1.29 is 23.9 Å². The topological polar surface area (TPSA) is 101 Å². The van der Waals surface area contributed by atoms with Crippen LogP contribution in [0.1, 0.15) is 68.8 Å². The van der Waals surface area contributed by atoms with E-state index in [0.717, 1.165) is 43.4 Å². The number of unbranched alkanes of at least 4 members (excludes halogenated alkanes) is 5. The van der Waals surface area contributed by atoms with Crippen LogP contribution in [0.2, 0.25) is 0 Å². The lowest BCUT2D eigenvalue weighted by Crippen LogP contribution is -2.27. The van der Waals surface area contributed by atoms with Crippen LogP contribution in [-0.2, 0) is 16.1 Å². The maximum Gasteiger partial charge on any atom is 0.303 e. The number of carbonyl (C=O) groups is 3. The number of nitrogens with zero attached hydrogens (tertiary/aromatic N) is 2. The van der Waals surface area contributed by atoms with Gasteiger partial charge in [0.1, 0.15) is 11.5 Å². The van der Waals surface area contributed by atoms with Crippen molar-refractivity contribution in [1.82, 2.24) is 15.1 Å². The van der Waals surface area contributed by atoms with Gasteiger partial charge in [-0.05, 0) is 56.0 Å². The van der Waals surface area contributed by atoms with Gasteiger partial charge in [0.25, 0.3) is 5.91 Å². The molecule has 33 heavy (non-hydrogen) atoms. The SMILES string of the molecule is CC(=O)SCCCCCCNC(=O)c1cc(-c2ccc(F)cc2)nn1CCCCCC(=O)O. The number of carboxylic acid groups (broad SMARTS) is 1. The number of halogens is 1. The number of aromatic nitrogens is 2. The van der Waals surface area contributed by atoms with Crippen LogP contribution < -0.4 is 5.32 Å². The minimum absolute atomic E-state index is 0.126. The van der Waals surface area contributed by atoms with E-state index >= 15 is 0 Å². The standard InChI is InChI=1S/C24H32FN3O4S/c1-18(29)33-16-8-3-2-6-14-26-24(32)22-17-21(19-10-12-20(25)13-11-19)27-28(22)15-7-4-5-9-23(30)31/h10-13,17H,2-9,14-16H2,1H3,(H,26,32)(H,30,31). The molecule has 0 unspecified atom stereocenters. The van der Waals surface area contributed by atoms with Crippen molar-refractivity contribution in [1.29, 1.82) is 0 Å². The van der Waals surface area contributed by atoms with Crippen LogP contribution in [0, 0.1) is 5.82 Å². The maximum atomic E-state index is 13.3. The third kappa shape index (κ3) is 10.2. The van der Waals surface area contributed by atoms with E-state index in [1.165, 1.54) is 23.9 Å². The molecule has 0 bridgehead atoms. The van der Waals surface area contributed by atoms with Gasteiger partial charge in [0.2, 0.25) is 0 Å². The van der Waals surface area contributed by atoms with Gasteiger partial charge in [-0.1, -0.05) is 31.0 Å². The van der Waals surface area contributed by atoms with Crippen molar-refractivity contribution in [2.24, 2.45) is 0 Å². The normalized spacial score (nSPS) is 10.8. The highest BCUT2D eigenvalue weighted by atomic mass is 32.2. The number of aryl methyl sites for hydroxylation is 1. The second-order valence-electron chi connectivity index (χ2n) is 7.86. The fourth-order valence-electron chi connectivity index (χ4n) is 3.34. The summed E-state index contributed by atoms with van der Waals surface area (Å²) in [6.07, 6.45) is 5.95. The van der Waals surface area contributed by atoms with Crippen LogP contribution in [-0.4, -0.2) is 44.2 Å².